The number of halogens is 1. The predicted octanol–water partition coefficient (Wildman–Crippen LogP) is 5.04. The summed E-state index contributed by atoms with van der Waals surface area (Å²) in [5, 5.41) is 11.1. The number of hydrogen-bond acceptors (Lipinski definition) is 5. The van der Waals surface area contributed by atoms with Gasteiger partial charge in [0, 0.05) is 11.3 Å². The topological polar surface area (TPSA) is 68.0 Å². The first-order chi connectivity index (χ1) is 12.9. The second kappa shape index (κ2) is 8.35. The van der Waals surface area contributed by atoms with Crippen molar-refractivity contribution < 1.29 is 13.6 Å². The quantitative estimate of drug-likeness (QED) is 0.602. The second-order valence-corrected chi connectivity index (χ2v) is 7.34. The maximum atomic E-state index is 13.0. The van der Waals surface area contributed by atoms with E-state index in [1.54, 1.807) is 12.1 Å². The number of carbonyl (C=O) groups excluding carboxylic acids is 1. The zero-order valence-electron chi connectivity index (χ0n) is 15.3. The molecule has 0 atom stereocenters. The molecule has 0 aliphatic carbocycles. The van der Waals surface area contributed by atoms with Gasteiger partial charge in [-0.25, -0.2) is 4.39 Å². The lowest BCUT2D eigenvalue weighted by Gasteiger charge is -2.16. The first-order valence-electron chi connectivity index (χ1n) is 8.55. The zero-order valence-corrected chi connectivity index (χ0v) is 16.1. The summed E-state index contributed by atoms with van der Waals surface area (Å²) in [6.45, 7) is 6.16. The van der Waals surface area contributed by atoms with Gasteiger partial charge in [-0.05, 0) is 48.2 Å². The van der Waals surface area contributed by atoms with Crippen molar-refractivity contribution in [1.29, 1.82) is 0 Å². The molecule has 0 saturated carbocycles. The molecule has 1 amide bonds. The number of carbonyl (C=O) groups is 1. The van der Waals surface area contributed by atoms with Crippen LogP contribution >= 0.6 is 11.8 Å². The molecule has 0 fully saturated rings. The number of para-hydroxylation sites is 1. The molecule has 0 radical (unpaired) electrons. The molecule has 2 aromatic carbocycles. The number of anilines is 1. The Morgan fingerprint density at radius 2 is 1.93 bits per heavy atom. The van der Waals surface area contributed by atoms with Gasteiger partial charge >= 0.3 is 0 Å². The van der Waals surface area contributed by atoms with Crippen LogP contribution in [0.1, 0.15) is 30.9 Å². The van der Waals surface area contributed by atoms with Gasteiger partial charge in [0.05, 0.1) is 5.75 Å². The van der Waals surface area contributed by atoms with Gasteiger partial charge in [0.2, 0.25) is 11.8 Å². The Bertz CT molecular complexity index is 939. The van der Waals surface area contributed by atoms with Gasteiger partial charge in [0.15, 0.2) is 0 Å². The normalized spacial score (nSPS) is 11.0. The molecule has 140 valence electrons. The molecule has 1 aromatic heterocycles. The number of amides is 1. The van der Waals surface area contributed by atoms with Crippen LogP contribution in [0.3, 0.4) is 0 Å². The van der Waals surface area contributed by atoms with Crippen LogP contribution in [0, 0.1) is 12.7 Å². The molecule has 1 N–H and O–H groups in total. The summed E-state index contributed by atoms with van der Waals surface area (Å²) in [6.07, 6.45) is 0. The number of aryl methyl sites for hydroxylation is 1. The maximum absolute atomic E-state index is 13.0. The van der Waals surface area contributed by atoms with Crippen LogP contribution in [0.5, 0.6) is 0 Å². The summed E-state index contributed by atoms with van der Waals surface area (Å²) >= 11 is 1.16. The Kier molecular flexibility index (Phi) is 5.91. The molecule has 7 heteroatoms. The van der Waals surface area contributed by atoms with Crippen molar-refractivity contribution in [1.82, 2.24) is 10.2 Å². The molecule has 3 aromatic rings. The van der Waals surface area contributed by atoms with Crippen molar-refractivity contribution in [2.24, 2.45) is 0 Å². The van der Waals surface area contributed by atoms with Crippen molar-refractivity contribution in [2.45, 2.75) is 31.9 Å². The zero-order chi connectivity index (χ0) is 19.4. The summed E-state index contributed by atoms with van der Waals surface area (Å²) in [5.41, 5.74) is 3.61. The van der Waals surface area contributed by atoms with E-state index in [4.69, 9.17) is 4.42 Å². The van der Waals surface area contributed by atoms with Gasteiger partial charge in [-0.1, -0.05) is 43.8 Å². The van der Waals surface area contributed by atoms with E-state index in [1.807, 2.05) is 25.1 Å². The highest BCUT2D eigenvalue weighted by Crippen LogP contribution is 2.28. The second-order valence-electron chi connectivity index (χ2n) is 6.41. The largest absolute Gasteiger partial charge is 0.411 e. The summed E-state index contributed by atoms with van der Waals surface area (Å²) in [5.74, 6) is 0.275. The van der Waals surface area contributed by atoms with Crippen molar-refractivity contribution in [2.75, 3.05) is 11.1 Å². The minimum Gasteiger partial charge on any atom is -0.411 e. The van der Waals surface area contributed by atoms with Crippen LogP contribution in [0.4, 0.5) is 10.1 Å². The van der Waals surface area contributed by atoms with Crippen LogP contribution in [0.15, 0.2) is 52.1 Å². The van der Waals surface area contributed by atoms with Crippen molar-refractivity contribution in [3.8, 4) is 11.5 Å². The molecule has 0 saturated heterocycles. The summed E-state index contributed by atoms with van der Waals surface area (Å²) < 4.78 is 18.5. The molecule has 0 spiro atoms. The molecule has 0 aliphatic heterocycles. The van der Waals surface area contributed by atoms with Gasteiger partial charge in [-0.15, -0.1) is 10.2 Å². The molecule has 0 bridgehead atoms. The van der Waals surface area contributed by atoms with Gasteiger partial charge in [-0.2, -0.15) is 0 Å². The number of nitrogens with zero attached hydrogens (tertiary/aromatic N) is 2. The fraction of sp³-hybridized carbons (Fsp3) is 0.250. The van der Waals surface area contributed by atoms with E-state index in [0.717, 1.165) is 28.6 Å². The summed E-state index contributed by atoms with van der Waals surface area (Å²) in [7, 11) is 0. The predicted molar refractivity (Wildman–Crippen MR) is 104 cm³/mol. The van der Waals surface area contributed by atoms with E-state index < -0.39 is 0 Å². The third-order valence-electron chi connectivity index (χ3n) is 4.02. The lowest BCUT2D eigenvalue weighted by molar-refractivity contribution is -0.113. The van der Waals surface area contributed by atoms with Gasteiger partial charge in [-0.3, -0.25) is 4.79 Å². The number of thioether (sulfide) groups is 1. The Morgan fingerprint density at radius 1 is 1.19 bits per heavy atom. The SMILES string of the molecule is Cc1cccc(C(C)C)c1NC(=O)CSc1nnc(-c2ccc(F)cc2)o1. The summed E-state index contributed by atoms with van der Waals surface area (Å²) in [4.78, 5) is 12.4. The lowest BCUT2D eigenvalue weighted by Crippen LogP contribution is -2.16. The van der Waals surface area contributed by atoms with E-state index in [9.17, 15) is 9.18 Å². The fourth-order valence-corrected chi connectivity index (χ4v) is 3.19. The Morgan fingerprint density at radius 3 is 2.63 bits per heavy atom. The number of nitrogens with one attached hydrogen (secondary N) is 1. The molecule has 1 heterocycles. The third-order valence-corrected chi connectivity index (χ3v) is 4.83. The maximum Gasteiger partial charge on any atom is 0.277 e. The van der Waals surface area contributed by atoms with Gasteiger partial charge < -0.3 is 9.73 Å². The minimum atomic E-state index is -0.332. The summed E-state index contributed by atoms with van der Waals surface area (Å²) in [6, 6.07) is 11.8. The number of benzene rings is 2. The molecule has 5 nitrogen and oxygen atoms in total. The van der Waals surface area contributed by atoms with Crippen LogP contribution in [0.25, 0.3) is 11.5 Å². The highest BCUT2D eigenvalue weighted by molar-refractivity contribution is 7.99. The minimum absolute atomic E-state index is 0.141. The molecule has 3 rings (SSSR count). The number of hydrogen-bond donors (Lipinski definition) is 1. The first-order valence-corrected chi connectivity index (χ1v) is 9.54. The van der Waals surface area contributed by atoms with Crippen LogP contribution in [-0.2, 0) is 4.79 Å². The van der Waals surface area contributed by atoms with Gasteiger partial charge in [0.1, 0.15) is 5.82 Å². The molecular formula is C20H20FN3O2S. The van der Waals surface area contributed by atoms with Crippen LogP contribution in [0.2, 0.25) is 0 Å². The van der Waals surface area contributed by atoms with Crippen LogP contribution < -0.4 is 5.32 Å². The van der Waals surface area contributed by atoms with E-state index >= 15 is 0 Å². The average Bonchev–Trinajstić information content (AvgIpc) is 3.11. The monoisotopic (exact) mass is 385 g/mol. The molecular weight excluding hydrogens is 365 g/mol. The lowest BCUT2D eigenvalue weighted by atomic mass is 9.98. The highest BCUT2D eigenvalue weighted by atomic mass is 32.2. The molecule has 0 unspecified atom stereocenters. The number of aromatic nitrogens is 2. The van der Waals surface area contributed by atoms with E-state index in [2.05, 4.69) is 29.4 Å². The smallest absolute Gasteiger partial charge is 0.277 e. The first kappa shape index (κ1) is 19.1. The van der Waals surface area contributed by atoms with E-state index in [0.29, 0.717) is 22.6 Å². The Hall–Kier alpha value is -2.67. The van der Waals surface area contributed by atoms with Gasteiger partial charge in [0.25, 0.3) is 5.22 Å². The van der Waals surface area contributed by atoms with Crippen molar-refractivity contribution in [3.63, 3.8) is 0 Å². The molecule has 0 aliphatic rings. The highest BCUT2D eigenvalue weighted by Gasteiger charge is 2.14. The number of rotatable bonds is 6. The van der Waals surface area contributed by atoms with Crippen molar-refractivity contribution in [3.05, 3.63) is 59.4 Å². The Balaban J connectivity index is 1.63. The Labute approximate surface area is 161 Å². The fourth-order valence-electron chi connectivity index (χ4n) is 2.62. The average molecular weight is 385 g/mol. The molecule has 27 heavy (non-hydrogen) atoms. The van der Waals surface area contributed by atoms with Crippen LogP contribution in [-0.4, -0.2) is 21.9 Å². The van der Waals surface area contributed by atoms with E-state index in [1.165, 1.54) is 12.1 Å². The third kappa shape index (κ3) is 4.74. The van der Waals surface area contributed by atoms with E-state index in [-0.39, 0.29) is 17.5 Å². The van der Waals surface area contributed by atoms with Crippen molar-refractivity contribution >= 4 is 23.4 Å². The standard InChI is InChI=1S/C20H20FN3O2S/c1-12(2)16-6-4-5-13(3)18(16)22-17(25)11-27-20-24-23-19(26-20)14-7-9-15(21)10-8-14/h4-10,12H,11H2,1-3H3,(H,22,25).